The van der Waals surface area contributed by atoms with Crippen LogP contribution >= 0.6 is 0 Å². The molecule has 0 saturated heterocycles. The molecule has 108 valence electrons. The van der Waals surface area contributed by atoms with Gasteiger partial charge in [0.25, 0.3) is 0 Å². The second-order valence-corrected chi connectivity index (χ2v) is 5.74. The number of sulfonamides is 1. The first-order valence-corrected chi connectivity index (χ1v) is 7.46. The zero-order valence-electron chi connectivity index (χ0n) is 11.1. The first-order chi connectivity index (χ1) is 9.05. The van der Waals surface area contributed by atoms with E-state index in [1.54, 1.807) is 6.07 Å². The Morgan fingerprint density at radius 3 is 2.84 bits per heavy atom. The number of ether oxygens (including phenoxy) is 1. The van der Waals surface area contributed by atoms with Gasteiger partial charge in [-0.05, 0) is 18.6 Å². The molecule has 1 aromatic rings. The Morgan fingerprint density at radius 2 is 2.26 bits per heavy atom. The topological polar surface area (TPSA) is 106 Å². The molecule has 8 heteroatoms. The van der Waals surface area contributed by atoms with Crippen LogP contribution in [0.4, 0.5) is 5.82 Å². The molecule has 0 aliphatic heterocycles. The van der Waals surface area contributed by atoms with E-state index in [-0.39, 0.29) is 16.8 Å². The monoisotopic (exact) mass is 288 g/mol. The number of rotatable bonds is 8. The number of nitrogens with two attached hydrogens (primary N) is 1. The Bertz CT molecular complexity index is 486. The lowest BCUT2D eigenvalue weighted by molar-refractivity contribution is 0.171. The SMILES string of the molecule is CCCC(COC)NS(=O)(=O)c1cccnc1NN. The van der Waals surface area contributed by atoms with Crippen LogP contribution in [0.3, 0.4) is 0 Å². The van der Waals surface area contributed by atoms with Crippen LogP contribution in [0.1, 0.15) is 19.8 Å². The predicted molar refractivity (Wildman–Crippen MR) is 72.9 cm³/mol. The molecule has 1 heterocycles. The Kier molecular flexibility index (Phi) is 6.16. The van der Waals surface area contributed by atoms with E-state index in [4.69, 9.17) is 10.6 Å². The van der Waals surface area contributed by atoms with Crippen LogP contribution in [0.2, 0.25) is 0 Å². The Morgan fingerprint density at radius 1 is 1.53 bits per heavy atom. The number of nitrogen functional groups attached to an aromatic ring is 1. The van der Waals surface area contributed by atoms with Crippen molar-refractivity contribution in [2.75, 3.05) is 19.1 Å². The highest BCUT2D eigenvalue weighted by Crippen LogP contribution is 2.17. The molecule has 1 rings (SSSR count). The summed E-state index contributed by atoms with van der Waals surface area (Å²) in [7, 11) is -2.15. The maximum atomic E-state index is 12.3. The van der Waals surface area contributed by atoms with E-state index in [9.17, 15) is 8.42 Å². The van der Waals surface area contributed by atoms with E-state index in [2.05, 4.69) is 15.1 Å². The summed E-state index contributed by atoms with van der Waals surface area (Å²) in [6.45, 7) is 2.30. The molecule has 1 aromatic heterocycles. The molecule has 0 radical (unpaired) electrons. The van der Waals surface area contributed by atoms with E-state index < -0.39 is 10.0 Å². The molecule has 4 N–H and O–H groups in total. The summed E-state index contributed by atoms with van der Waals surface area (Å²) in [6.07, 6.45) is 3.01. The number of nitrogens with one attached hydrogen (secondary N) is 2. The molecular weight excluding hydrogens is 268 g/mol. The zero-order valence-corrected chi connectivity index (χ0v) is 11.9. The Balaban J connectivity index is 2.96. The van der Waals surface area contributed by atoms with Gasteiger partial charge in [-0.2, -0.15) is 0 Å². The van der Waals surface area contributed by atoms with Crippen molar-refractivity contribution in [1.29, 1.82) is 0 Å². The lowest BCUT2D eigenvalue weighted by Gasteiger charge is -2.18. The van der Waals surface area contributed by atoms with E-state index in [1.807, 2.05) is 6.92 Å². The van der Waals surface area contributed by atoms with Crippen molar-refractivity contribution >= 4 is 15.8 Å². The van der Waals surface area contributed by atoms with E-state index in [0.29, 0.717) is 13.0 Å². The van der Waals surface area contributed by atoms with Crippen molar-refractivity contribution in [3.8, 4) is 0 Å². The standard InChI is InChI=1S/C11H20N4O3S/c1-3-5-9(8-18-2)15-19(16,17)10-6-4-7-13-11(10)14-12/h4,6-7,9,15H,3,5,8,12H2,1-2H3,(H,13,14). The van der Waals surface area contributed by atoms with Gasteiger partial charge in [0.2, 0.25) is 10.0 Å². The maximum absolute atomic E-state index is 12.3. The molecule has 0 saturated carbocycles. The summed E-state index contributed by atoms with van der Waals surface area (Å²) in [5.41, 5.74) is 2.28. The predicted octanol–water partition coefficient (Wildman–Crippen LogP) is 0.461. The quantitative estimate of drug-likeness (QED) is 0.474. The highest BCUT2D eigenvalue weighted by Gasteiger charge is 2.22. The van der Waals surface area contributed by atoms with Gasteiger partial charge in [0.05, 0.1) is 6.61 Å². The van der Waals surface area contributed by atoms with Crippen molar-refractivity contribution in [2.45, 2.75) is 30.7 Å². The van der Waals surface area contributed by atoms with Crippen LogP contribution in [0.25, 0.3) is 0 Å². The second kappa shape index (κ2) is 7.39. The van der Waals surface area contributed by atoms with E-state index >= 15 is 0 Å². The molecule has 0 aliphatic carbocycles. The van der Waals surface area contributed by atoms with Gasteiger partial charge in [-0.3, -0.25) is 0 Å². The molecule has 1 unspecified atom stereocenters. The number of methoxy groups -OCH3 is 1. The lowest BCUT2D eigenvalue weighted by Crippen LogP contribution is -2.38. The normalized spacial score (nSPS) is 13.2. The summed E-state index contributed by atoms with van der Waals surface area (Å²) in [6, 6.07) is 2.71. The highest BCUT2D eigenvalue weighted by molar-refractivity contribution is 7.89. The number of hydrogen-bond donors (Lipinski definition) is 3. The third-order valence-electron chi connectivity index (χ3n) is 2.52. The maximum Gasteiger partial charge on any atom is 0.244 e. The number of hydrogen-bond acceptors (Lipinski definition) is 6. The van der Waals surface area contributed by atoms with Gasteiger partial charge < -0.3 is 10.2 Å². The van der Waals surface area contributed by atoms with Gasteiger partial charge in [-0.15, -0.1) is 0 Å². The fraction of sp³-hybridized carbons (Fsp3) is 0.545. The molecule has 0 aromatic carbocycles. The third-order valence-corrected chi connectivity index (χ3v) is 4.08. The van der Waals surface area contributed by atoms with Crippen molar-refractivity contribution in [1.82, 2.24) is 9.71 Å². The minimum Gasteiger partial charge on any atom is -0.383 e. The first kappa shape index (κ1) is 15.8. The Hall–Kier alpha value is -1.22. The summed E-state index contributed by atoms with van der Waals surface area (Å²) < 4.78 is 32.1. The van der Waals surface area contributed by atoms with E-state index in [0.717, 1.165) is 6.42 Å². The van der Waals surface area contributed by atoms with Crippen LogP contribution in [-0.2, 0) is 14.8 Å². The highest BCUT2D eigenvalue weighted by atomic mass is 32.2. The van der Waals surface area contributed by atoms with Crippen LogP contribution in [-0.4, -0.2) is 33.2 Å². The van der Waals surface area contributed by atoms with Crippen LogP contribution in [0, 0.1) is 0 Å². The Labute approximate surface area is 113 Å². The number of hydrazine groups is 1. The van der Waals surface area contributed by atoms with Crippen molar-refractivity contribution in [3.05, 3.63) is 18.3 Å². The number of anilines is 1. The molecule has 7 nitrogen and oxygen atoms in total. The zero-order chi connectivity index (χ0) is 14.3. The van der Waals surface area contributed by atoms with Gasteiger partial charge in [0.15, 0.2) is 5.82 Å². The summed E-state index contributed by atoms with van der Waals surface area (Å²) in [4.78, 5) is 3.90. The molecule has 0 fully saturated rings. The summed E-state index contributed by atoms with van der Waals surface area (Å²) in [5.74, 6) is 5.38. The third kappa shape index (κ3) is 4.43. The molecule has 0 bridgehead atoms. The van der Waals surface area contributed by atoms with E-state index in [1.165, 1.54) is 19.4 Å². The van der Waals surface area contributed by atoms with Crippen molar-refractivity contribution in [2.24, 2.45) is 5.84 Å². The first-order valence-electron chi connectivity index (χ1n) is 5.98. The average Bonchev–Trinajstić information content (AvgIpc) is 2.39. The fourth-order valence-electron chi connectivity index (χ4n) is 1.72. The largest absolute Gasteiger partial charge is 0.383 e. The number of aromatic nitrogens is 1. The van der Waals surface area contributed by atoms with Crippen molar-refractivity contribution in [3.63, 3.8) is 0 Å². The van der Waals surface area contributed by atoms with Gasteiger partial charge in [-0.25, -0.2) is 24.0 Å². The molecule has 0 spiro atoms. The molecule has 0 amide bonds. The number of nitrogens with zero attached hydrogens (tertiary/aromatic N) is 1. The molecule has 19 heavy (non-hydrogen) atoms. The molecule has 0 aliphatic rings. The van der Waals surface area contributed by atoms with Gasteiger partial charge >= 0.3 is 0 Å². The second-order valence-electron chi connectivity index (χ2n) is 4.06. The van der Waals surface area contributed by atoms with Gasteiger partial charge in [0, 0.05) is 19.3 Å². The minimum absolute atomic E-state index is 0.0229. The summed E-state index contributed by atoms with van der Waals surface area (Å²) in [5, 5.41) is 0. The lowest BCUT2D eigenvalue weighted by atomic mass is 10.2. The molecule has 1 atom stereocenters. The smallest absolute Gasteiger partial charge is 0.244 e. The fourth-order valence-corrected chi connectivity index (χ4v) is 3.10. The minimum atomic E-state index is -3.68. The van der Waals surface area contributed by atoms with Gasteiger partial charge in [0.1, 0.15) is 4.90 Å². The van der Waals surface area contributed by atoms with Gasteiger partial charge in [-0.1, -0.05) is 13.3 Å². The molecular formula is C11H20N4O3S. The van der Waals surface area contributed by atoms with Crippen molar-refractivity contribution < 1.29 is 13.2 Å². The van der Waals surface area contributed by atoms with Crippen LogP contribution in [0.15, 0.2) is 23.2 Å². The van der Waals surface area contributed by atoms with Crippen LogP contribution in [0.5, 0.6) is 0 Å². The summed E-state index contributed by atoms with van der Waals surface area (Å²) >= 11 is 0. The number of pyridine rings is 1. The average molecular weight is 288 g/mol. The van der Waals surface area contributed by atoms with Crippen LogP contribution < -0.4 is 16.0 Å².